The Hall–Kier alpha value is -1.40. The fourth-order valence-electron chi connectivity index (χ4n) is 1.48. The molecule has 0 aromatic heterocycles. The van der Waals surface area contributed by atoms with Crippen LogP contribution in [0.25, 0.3) is 0 Å². The van der Waals surface area contributed by atoms with Crippen molar-refractivity contribution < 1.29 is 14.3 Å². The van der Waals surface area contributed by atoms with Gasteiger partial charge in [0.1, 0.15) is 11.6 Å². The molecule has 19 heavy (non-hydrogen) atoms. The van der Waals surface area contributed by atoms with Gasteiger partial charge in [-0.05, 0) is 52.3 Å². The van der Waals surface area contributed by atoms with Gasteiger partial charge in [0, 0.05) is 8.95 Å². The van der Waals surface area contributed by atoms with Gasteiger partial charge >= 0.3 is 0 Å². The van der Waals surface area contributed by atoms with Gasteiger partial charge in [-0.15, -0.1) is 0 Å². The van der Waals surface area contributed by atoms with Crippen molar-refractivity contribution in [3.05, 3.63) is 56.7 Å². The monoisotopic (exact) mass is 387 g/mol. The van der Waals surface area contributed by atoms with Crippen molar-refractivity contribution >= 4 is 43.5 Å². The van der Waals surface area contributed by atoms with Gasteiger partial charge in [-0.1, -0.05) is 15.9 Å². The molecule has 0 saturated heterocycles. The van der Waals surface area contributed by atoms with Gasteiger partial charge < -0.3 is 10.4 Å². The van der Waals surface area contributed by atoms with Crippen LogP contribution in [-0.4, -0.2) is 11.0 Å². The minimum absolute atomic E-state index is 0.134. The second-order valence-electron chi connectivity index (χ2n) is 3.74. The van der Waals surface area contributed by atoms with Gasteiger partial charge in [0.15, 0.2) is 0 Å². The molecule has 0 spiro atoms. The average molecular weight is 389 g/mol. The summed E-state index contributed by atoms with van der Waals surface area (Å²) in [5, 5.41) is 12.3. The van der Waals surface area contributed by atoms with E-state index in [2.05, 4.69) is 37.2 Å². The molecule has 2 N–H and O–H groups in total. The first kappa shape index (κ1) is 14.0. The molecule has 0 aliphatic carbocycles. The Labute approximate surface area is 125 Å². The first-order valence-corrected chi connectivity index (χ1v) is 6.81. The molecule has 0 aliphatic heterocycles. The van der Waals surface area contributed by atoms with E-state index in [1.54, 1.807) is 6.07 Å². The van der Waals surface area contributed by atoms with Crippen molar-refractivity contribution in [2.24, 2.45) is 0 Å². The molecule has 0 bridgehead atoms. The van der Waals surface area contributed by atoms with E-state index in [1.165, 1.54) is 30.3 Å². The summed E-state index contributed by atoms with van der Waals surface area (Å²) < 4.78 is 14.0. The van der Waals surface area contributed by atoms with Crippen molar-refractivity contribution in [2.45, 2.75) is 0 Å². The maximum atomic E-state index is 12.9. The normalized spacial score (nSPS) is 10.3. The molecule has 0 saturated carbocycles. The van der Waals surface area contributed by atoms with Crippen LogP contribution in [-0.2, 0) is 0 Å². The highest BCUT2D eigenvalue weighted by Gasteiger charge is 2.13. The van der Waals surface area contributed by atoms with Crippen molar-refractivity contribution in [2.75, 3.05) is 5.32 Å². The van der Waals surface area contributed by atoms with Crippen LogP contribution >= 0.6 is 31.9 Å². The summed E-state index contributed by atoms with van der Waals surface area (Å²) in [6.45, 7) is 0. The molecule has 98 valence electrons. The Morgan fingerprint density at radius 3 is 2.53 bits per heavy atom. The Morgan fingerprint density at radius 1 is 1.16 bits per heavy atom. The van der Waals surface area contributed by atoms with E-state index in [-0.39, 0.29) is 11.3 Å². The predicted molar refractivity (Wildman–Crippen MR) is 77.9 cm³/mol. The number of phenols is 1. The maximum Gasteiger partial charge on any atom is 0.259 e. The summed E-state index contributed by atoms with van der Waals surface area (Å²) in [6.07, 6.45) is 0. The number of carbonyl (C=O) groups excluding carboxylic acids is 1. The average Bonchev–Trinajstić information content (AvgIpc) is 2.32. The number of aromatic hydroxyl groups is 1. The fourth-order valence-corrected chi connectivity index (χ4v) is 2.28. The predicted octanol–water partition coefficient (Wildman–Crippen LogP) is 4.31. The van der Waals surface area contributed by atoms with Crippen LogP contribution in [0.5, 0.6) is 5.75 Å². The first-order chi connectivity index (χ1) is 8.97. The van der Waals surface area contributed by atoms with Crippen LogP contribution in [0.1, 0.15) is 10.4 Å². The molecule has 2 rings (SSSR count). The second kappa shape index (κ2) is 5.71. The zero-order valence-corrected chi connectivity index (χ0v) is 12.6. The van der Waals surface area contributed by atoms with Gasteiger partial charge in [-0.2, -0.15) is 0 Å². The van der Waals surface area contributed by atoms with E-state index < -0.39 is 11.7 Å². The van der Waals surface area contributed by atoms with E-state index in [9.17, 15) is 14.3 Å². The third-order valence-electron chi connectivity index (χ3n) is 2.38. The number of anilines is 1. The lowest BCUT2D eigenvalue weighted by molar-refractivity contribution is 0.102. The summed E-state index contributed by atoms with van der Waals surface area (Å²) in [5.41, 5.74) is 0.563. The lowest BCUT2D eigenvalue weighted by Crippen LogP contribution is -2.12. The summed E-state index contributed by atoms with van der Waals surface area (Å²) in [6, 6.07) is 8.49. The Kier molecular flexibility index (Phi) is 4.21. The molecular weight excluding hydrogens is 381 g/mol. The summed E-state index contributed by atoms with van der Waals surface area (Å²) >= 11 is 6.34. The SMILES string of the molecule is O=C(Nc1ccc(F)cc1Br)c1ccc(Br)cc1O. The molecule has 0 heterocycles. The summed E-state index contributed by atoms with van der Waals surface area (Å²) in [7, 11) is 0. The van der Waals surface area contributed by atoms with E-state index in [0.29, 0.717) is 14.6 Å². The van der Waals surface area contributed by atoms with Crippen molar-refractivity contribution in [3.63, 3.8) is 0 Å². The summed E-state index contributed by atoms with van der Waals surface area (Å²) in [4.78, 5) is 12.0. The largest absolute Gasteiger partial charge is 0.507 e. The number of carbonyl (C=O) groups is 1. The molecule has 0 aliphatic rings. The molecule has 0 fully saturated rings. The number of benzene rings is 2. The summed E-state index contributed by atoms with van der Waals surface area (Å²) in [5.74, 6) is -1.02. The van der Waals surface area contributed by atoms with Gasteiger partial charge in [0.25, 0.3) is 5.91 Å². The van der Waals surface area contributed by atoms with Crippen LogP contribution in [0, 0.1) is 5.82 Å². The number of amides is 1. The topological polar surface area (TPSA) is 49.3 Å². The minimum atomic E-state index is -0.475. The lowest BCUT2D eigenvalue weighted by Gasteiger charge is -2.09. The molecule has 2 aromatic rings. The Bertz CT molecular complexity index is 647. The van der Waals surface area contributed by atoms with Gasteiger partial charge in [0.05, 0.1) is 11.3 Å². The number of hydrogen-bond acceptors (Lipinski definition) is 2. The highest BCUT2D eigenvalue weighted by molar-refractivity contribution is 9.10. The van der Waals surface area contributed by atoms with E-state index in [0.717, 1.165) is 0 Å². The molecule has 3 nitrogen and oxygen atoms in total. The number of halogens is 3. The number of rotatable bonds is 2. The van der Waals surface area contributed by atoms with Gasteiger partial charge in [0.2, 0.25) is 0 Å². The fraction of sp³-hybridized carbons (Fsp3) is 0. The quantitative estimate of drug-likeness (QED) is 0.805. The maximum absolute atomic E-state index is 12.9. The second-order valence-corrected chi connectivity index (χ2v) is 5.51. The molecule has 6 heteroatoms. The van der Waals surface area contributed by atoms with Crippen LogP contribution in [0.15, 0.2) is 45.3 Å². The Balaban J connectivity index is 2.25. The van der Waals surface area contributed by atoms with E-state index in [4.69, 9.17) is 0 Å². The third-order valence-corrected chi connectivity index (χ3v) is 3.53. The van der Waals surface area contributed by atoms with Crippen molar-refractivity contribution in [1.29, 1.82) is 0 Å². The highest BCUT2D eigenvalue weighted by Crippen LogP contribution is 2.26. The standard InChI is InChI=1S/C13H8Br2FNO2/c14-7-1-3-9(12(18)5-7)13(19)17-11-4-2-8(16)6-10(11)15/h1-6,18H,(H,17,19). The number of phenolic OH excluding ortho intramolecular Hbond substituents is 1. The molecule has 0 radical (unpaired) electrons. The first-order valence-electron chi connectivity index (χ1n) is 5.22. The van der Waals surface area contributed by atoms with E-state index in [1.807, 2.05) is 0 Å². The smallest absolute Gasteiger partial charge is 0.259 e. The van der Waals surface area contributed by atoms with Crippen LogP contribution in [0.2, 0.25) is 0 Å². The zero-order valence-electron chi connectivity index (χ0n) is 9.45. The number of hydrogen-bond donors (Lipinski definition) is 2. The molecule has 0 atom stereocenters. The Morgan fingerprint density at radius 2 is 1.89 bits per heavy atom. The molecule has 0 unspecified atom stereocenters. The minimum Gasteiger partial charge on any atom is -0.507 e. The van der Waals surface area contributed by atoms with E-state index >= 15 is 0 Å². The van der Waals surface area contributed by atoms with Crippen molar-refractivity contribution in [1.82, 2.24) is 0 Å². The zero-order chi connectivity index (χ0) is 14.0. The van der Waals surface area contributed by atoms with Crippen LogP contribution < -0.4 is 5.32 Å². The number of nitrogens with one attached hydrogen (secondary N) is 1. The molecule has 1 amide bonds. The lowest BCUT2D eigenvalue weighted by atomic mass is 10.2. The van der Waals surface area contributed by atoms with Gasteiger partial charge in [-0.25, -0.2) is 4.39 Å². The van der Waals surface area contributed by atoms with Crippen LogP contribution in [0.4, 0.5) is 10.1 Å². The highest BCUT2D eigenvalue weighted by atomic mass is 79.9. The third kappa shape index (κ3) is 3.33. The van der Waals surface area contributed by atoms with Crippen LogP contribution in [0.3, 0.4) is 0 Å². The van der Waals surface area contributed by atoms with Crippen molar-refractivity contribution in [3.8, 4) is 5.75 Å². The van der Waals surface area contributed by atoms with Gasteiger partial charge in [-0.3, -0.25) is 4.79 Å². The molecule has 2 aromatic carbocycles. The molecular formula is C13H8Br2FNO2.